The maximum Gasteiger partial charge on any atom is 0.187 e. The number of pyridine rings is 3. The third-order valence-corrected chi connectivity index (χ3v) is 3.63. The minimum absolute atomic E-state index is 0.105. The number of ketones is 1. The standard InChI is InChI=1S/C20H16N4O2/c1-13-3-6-17(12-22-13)26-18-7-14(2)24-19(9-18)20(25)8-16-5-4-15(10-21)11-23-16/h3-7,9,11-12H,8H2,1-2H3. The second-order valence-corrected chi connectivity index (χ2v) is 5.82. The predicted octanol–water partition coefficient (Wildman–Crippen LogP) is 3.58. The lowest BCUT2D eigenvalue weighted by atomic mass is 10.1. The zero-order valence-electron chi connectivity index (χ0n) is 14.4. The molecule has 0 spiro atoms. The Labute approximate surface area is 151 Å². The molecule has 3 rings (SSSR count). The van der Waals surface area contributed by atoms with Crippen LogP contribution in [0.4, 0.5) is 0 Å². The van der Waals surface area contributed by atoms with Crippen LogP contribution >= 0.6 is 0 Å². The van der Waals surface area contributed by atoms with Crippen molar-refractivity contribution in [2.24, 2.45) is 0 Å². The van der Waals surface area contributed by atoms with Crippen LogP contribution in [0.25, 0.3) is 0 Å². The van der Waals surface area contributed by atoms with Crippen LogP contribution in [0.5, 0.6) is 11.5 Å². The number of aromatic nitrogens is 3. The number of nitrogens with zero attached hydrogens (tertiary/aromatic N) is 4. The van der Waals surface area contributed by atoms with E-state index in [0.717, 1.165) is 5.69 Å². The first-order chi connectivity index (χ1) is 12.5. The highest BCUT2D eigenvalue weighted by Gasteiger charge is 2.12. The van der Waals surface area contributed by atoms with Gasteiger partial charge in [0, 0.05) is 35.4 Å². The summed E-state index contributed by atoms with van der Waals surface area (Å²) in [5.41, 5.74) is 2.93. The van der Waals surface area contributed by atoms with Crippen molar-refractivity contribution >= 4 is 5.78 Å². The summed E-state index contributed by atoms with van der Waals surface area (Å²) in [7, 11) is 0. The average Bonchev–Trinajstić information content (AvgIpc) is 2.64. The number of Topliss-reactive ketones (excluding diaryl/α,β-unsaturated/α-hetero) is 1. The SMILES string of the molecule is Cc1ccc(Oc2cc(C)nc(C(=O)Cc3ccc(C#N)cn3)c2)cn1. The largest absolute Gasteiger partial charge is 0.456 e. The van der Waals surface area contributed by atoms with Crippen molar-refractivity contribution in [3.63, 3.8) is 0 Å². The minimum Gasteiger partial charge on any atom is -0.456 e. The summed E-state index contributed by atoms with van der Waals surface area (Å²) >= 11 is 0. The molecule has 3 aromatic heterocycles. The van der Waals surface area contributed by atoms with E-state index in [1.54, 1.807) is 37.4 Å². The van der Waals surface area contributed by atoms with E-state index in [-0.39, 0.29) is 12.2 Å². The van der Waals surface area contributed by atoms with Gasteiger partial charge in [0.15, 0.2) is 5.78 Å². The van der Waals surface area contributed by atoms with Crippen LogP contribution in [-0.2, 0) is 6.42 Å². The summed E-state index contributed by atoms with van der Waals surface area (Å²) in [5.74, 6) is 0.949. The summed E-state index contributed by atoms with van der Waals surface area (Å²) in [6.07, 6.45) is 3.19. The van der Waals surface area contributed by atoms with Gasteiger partial charge < -0.3 is 4.74 Å². The van der Waals surface area contributed by atoms with Gasteiger partial charge in [-0.05, 0) is 38.1 Å². The van der Waals surface area contributed by atoms with Gasteiger partial charge in [0.05, 0.1) is 18.2 Å². The fraction of sp³-hybridized carbons (Fsp3) is 0.150. The molecular formula is C20H16N4O2. The molecule has 128 valence electrons. The lowest BCUT2D eigenvalue weighted by molar-refractivity contribution is 0.0986. The van der Waals surface area contributed by atoms with E-state index in [4.69, 9.17) is 10.00 Å². The molecule has 0 bridgehead atoms. The van der Waals surface area contributed by atoms with Crippen molar-refractivity contribution in [3.05, 3.63) is 77.1 Å². The van der Waals surface area contributed by atoms with E-state index < -0.39 is 0 Å². The number of rotatable bonds is 5. The molecule has 0 unspecified atom stereocenters. The van der Waals surface area contributed by atoms with Crippen LogP contribution in [0, 0.1) is 25.2 Å². The van der Waals surface area contributed by atoms with Gasteiger partial charge in [-0.3, -0.25) is 14.8 Å². The first-order valence-electron chi connectivity index (χ1n) is 8.01. The zero-order chi connectivity index (χ0) is 18.5. The summed E-state index contributed by atoms with van der Waals surface area (Å²) < 4.78 is 5.78. The third-order valence-electron chi connectivity index (χ3n) is 3.63. The molecule has 3 heterocycles. The van der Waals surface area contributed by atoms with Crippen molar-refractivity contribution in [3.8, 4) is 17.6 Å². The van der Waals surface area contributed by atoms with Crippen molar-refractivity contribution in [1.29, 1.82) is 5.26 Å². The first kappa shape index (κ1) is 17.2. The molecule has 0 saturated heterocycles. The Hall–Kier alpha value is -3.59. The number of hydrogen-bond donors (Lipinski definition) is 0. The topological polar surface area (TPSA) is 88.8 Å². The molecule has 0 radical (unpaired) electrons. The molecule has 0 aliphatic rings. The van der Waals surface area contributed by atoms with E-state index in [2.05, 4.69) is 15.0 Å². The van der Waals surface area contributed by atoms with E-state index in [1.807, 2.05) is 25.1 Å². The number of aryl methyl sites for hydroxylation is 2. The Bertz CT molecular complexity index is 974. The number of ether oxygens (including phenoxy) is 1. The molecule has 0 amide bonds. The third kappa shape index (κ3) is 4.28. The summed E-state index contributed by atoms with van der Waals surface area (Å²) in [6.45, 7) is 3.70. The van der Waals surface area contributed by atoms with E-state index >= 15 is 0 Å². The van der Waals surface area contributed by atoms with Gasteiger partial charge in [0.2, 0.25) is 0 Å². The van der Waals surface area contributed by atoms with Crippen LogP contribution < -0.4 is 4.74 Å². The van der Waals surface area contributed by atoms with Gasteiger partial charge in [-0.1, -0.05) is 0 Å². The van der Waals surface area contributed by atoms with Crippen LogP contribution in [0.15, 0.2) is 48.8 Å². The van der Waals surface area contributed by atoms with Crippen molar-refractivity contribution < 1.29 is 9.53 Å². The molecule has 3 aromatic rings. The molecule has 6 heteroatoms. The van der Waals surface area contributed by atoms with Gasteiger partial charge in [0.25, 0.3) is 0 Å². The number of carbonyl (C=O) groups excluding carboxylic acids is 1. The highest BCUT2D eigenvalue weighted by Crippen LogP contribution is 2.22. The molecule has 6 nitrogen and oxygen atoms in total. The number of carbonyl (C=O) groups is 1. The highest BCUT2D eigenvalue weighted by atomic mass is 16.5. The fourth-order valence-electron chi connectivity index (χ4n) is 2.34. The summed E-state index contributed by atoms with van der Waals surface area (Å²) in [6, 6.07) is 12.3. The fourth-order valence-corrected chi connectivity index (χ4v) is 2.34. The van der Waals surface area contributed by atoms with Crippen molar-refractivity contribution in [2.75, 3.05) is 0 Å². The van der Waals surface area contributed by atoms with Gasteiger partial charge in [0.1, 0.15) is 23.3 Å². The Kier molecular flexibility index (Phi) is 4.99. The Morgan fingerprint density at radius 2 is 1.88 bits per heavy atom. The lowest BCUT2D eigenvalue weighted by Crippen LogP contribution is -2.08. The van der Waals surface area contributed by atoms with Gasteiger partial charge >= 0.3 is 0 Å². The van der Waals surface area contributed by atoms with E-state index in [0.29, 0.717) is 34.1 Å². The number of nitriles is 1. The molecular weight excluding hydrogens is 328 g/mol. The predicted molar refractivity (Wildman–Crippen MR) is 95.0 cm³/mol. The van der Waals surface area contributed by atoms with Gasteiger partial charge in [-0.25, -0.2) is 4.98 Å². The monoisotopic (exact) mass is 344 g/mol. The highest BCUT2D eigenvalue weighted by molar-refractivity contribution is 5.95. The maximum absolute atomic E-state index is 12.5. The van der Waals surface area contributed by atoms with Crippen molar-refractivity contribution in [2.45, 2.75) is 20.3 Å². The van der Waals surface area contributed by atoms with E-state index in [9.17, 15) is 4.79 Å². The second-order valence-electron chi connectivity index (χ2n) is 5.82. The number of hydrogen-bond acceptors (Lipinski definition) is 6. The summed E-state index contributed by atoms with van der Waals surface area (Å²) in [5, 5.41) is 8.80. The lowest BCUT2D eigenvalue weighted by Gasteiger charge is -2.08. The summed E-state index contributed by atoms with van der Waals surface area (Å²) in [4.78, 5) is 25.1. The van der Waals surface area contributed by atoms with Crippen LogP contribution in [0.2, 0.25) is 0 Å². The van der Waals surface area contributed by atoms with Crippen molar-refractivity contribution in [1.82, 2.24) is 15.0 Å². The molecule has 0 aromatic carbocycles. The van der Waals surface area contributed by atoms with Crippen LogP contribution in [-0.4, -0.2) is 20.7 Å². The first-order valence-corrected chi connectivity index (χ1v) is 8.01. The minimum atomic E-state index is -0.169. The molecule has 0 aliphatic carbocycles. The maximum atomic E-state index is 12.5. The van der Waals surface area contributed by atoms with E-state index in [1.165, 1.54) is 6.20 Å². The molecule has 0 fully saturated rings. The second kappa shape index (κ2) is 7.53. The van der Waals surface area contributed by atoms with Crippen LogP contribution in [0.3, 0.4) is 0 Å². The normalized spacial score (nSPS) is 10.2. The smallest absolute Gasteiger partial charge is 0.187 e. The Balaban J connectivity index is 1.78. The van der Waals surface area contributed by atoms with Gasteiger partial charge in [-0.2, -0.15) is 5.26 Å². The Morgan fingerprint density at radius 3 is 2.54 bits per heavy atom. The van der Waals surface area contributed by atoms with Crippen LogP contribution in [0.1, 0.15) is 33.1 Å². The molecule has 0 N–H and O–H groups in total. The molecule has 0 saturated carbocycles. The molecule has 0 atom stereocenters. The molecule has 26 heavy (non-hydrogen) atoms. The Morgan fingerprint density at radius 1 is 1.04 bits per heavy atom. The van der Waals surface area contributed by atoms with Gasteiger partial charge in [-0.15, -0.1) is 0 Å². The zero-order valence-corrected chi connectivity index (χ0v) is 14.4. The molecule has 0 aliphatic heterocycles. The quantitative estimate of drug-likeness (QED) is 0.657. The average molecular weight is 344 g/mol.